The molecule has 2 aliphatic heterocycles. The monoisotopic (exact) mass is 369 g/mol. The molecule has 26 heavy (non-hydrogen) atoms. The lowest BCUT2D eigenvalue weighted by atomic mass is 10.0. The molecular weight excluding hydrogens is 334 g/mol. The van der Waals surface area contributed by atoms with E-state index in [-0.39, 0.29) is 18.0 Å². The molecule has 7 nitrogen and oxygen atoms in total. The number of ether oxygens (including phenoxy) is 2. The lowest BCUT2D eigenvalue weighted by Gasteiger charge is -2.33. The van der Waals surface area contributed by atoms with Crippen LogP contribution >= 0.6 is 0 Å². The molecule has 0 aromatic carbocycles. The molecule has 0 atom stereocenters. The minimum Gasteiger partial charge on any atom is -0.444 e. The van der Waals surface area contributed by atoms with Gasteiger partial charge in [-0.3, -0.25) is 4.79 Å². The molecule has 2 N–H and O–H groups in total. The summed E-state index contributed by atoms with van der Waals surface area (Å²) in [5.41, 5.74) is -0.486. The third kappa shape index (κ3) is 7.91. The van der Waals surface area contributed by atoms with E-state index in [2.05, 4.69) is 10.6 Å². The first-order valence-corrected chi connectivity index (χ1v) is 9.93. The first kappa shape index (κ1) is 21.0. The number of carbonyl (C=O) groups excluding carboxylic acids is 2. The fourth-order valence-electron chi connectivity index (χ4n) is 3.09. The molecule has 2 amide bonds. The molecule has 0 bridgehead atoms. The van der Waals surface area contributed by atoms with Gasteiger partial charge >= 0.3 is 6.09 Å². The van der Waals surface area contributed by atoms with E-state index in [9.17, 15) is 9.59 Å². The second-order valence-corrected chi connectivity index (χ2v) is 8.26. The zero-order valence-electron chi connectivity index (χ0n) is 16.5. The standard InChI is InChI=1S/C19H35N3O4/c1-19(2,3)26-18(24)21-15-8-10-22(11-9-15)17(23)7-5-4-6-12-25-16-13-20-14-16/h15-16,20H,4-14H2,1-3H3,(H,21,24). The van der Waals surface area contributed by atoms with E-state index in [0.717, 1.165) is 51.8 Å². The molecule has 0 aromatic heterocycles. The quantitative estimate of drug-likeness (QED) is 0.640. The second kappa shape index (κ2) is 10.1. The Balaban J connectivity index is 1.51. The Kier molecular flexibility index (Phi) is 8.15. The zero-order valence-corrected chi connectivity index (χ0v) is 16.5. The number of unbranched alkanes of at least 4 members (excludes halogenated alkanes) is 2. The van der Waals surface area contributed by atoms with E-state index in [1.54, 1.807) is 0 Å². The maximum absolute atomic E-state index is 12.3. The molecule has 2 saturated heterocycles. The van der Waals surface area contributed by atoms with Gasteiger partial charge in [0.05, 0.1) is 6.10 Å². The van der Waals surface area contributed by atoms with E-state index in [1.807, 2.05) is 25.7 Å². The van der Waals surface area contributed by atoms with Crippen molar-refractivity contribution in [3.05, 3.63) is 0 Å². The number of hydrogen-bond acceptors (Lipinski definition) is 5. The summed E-state index contributed by atoms with van der Waals surface area (Å²) >= 11 is 0. The van der Waals surface area contributed by atoms with Crippen molar-refractivity contribution in [1.82, 2.24) is 15.5 Å². The average Bonchev–Trinajstić information content (AvgIpc) is 2.51. The number of amides is 2. The normalized spacial score (nSPS) is 19.1. The van der Waals surface area contributed by atoms with Crippen LogP contribution in [0.15, 0.2) is 0 Å². The fourth-order valence-corrected chi connectivity index (χ4v) is 3.09. The molecule has 0 aromatic rings. The molecule has 2 heterocycles. The predicted octanol–water partition coefficient (Wildman–Crippen LogP) is 2.05. The van der Waals surface area contributed by atoms with Crippen LogP contribution in [-0.4, -0.2) is 67.4 Å². The molecule has 0 saturated carbocycles. The summed E-state index contributed by atoms with van der Waals surface area (Å²) in [7, 11) is 0. The highest BCUT2D eigenvalue weighted by Crippen LogP contribution is 2.14. The van der Waals surface area contributed by atoms with E-state index in [4.69, 9.17) is 9.47 Å². The zero-order chi connectivity index (χ0) is 19.0. The minimum atomic E-state index is -0.486. The summed E-state index contributed by atoms with van der Waals surface area (Å²) in [6, 6.07) is 0.0899. The lowest BCUT2D eigenvalue weighted by molar-refractivity contribution is -0.132. The molecule has 150 valence electrons. The van der Waals surface area contributed by atoms with Gasteiger partial charge in [-0.25, -0.2) is 4.79 Å². The minimum absolute atomic E-state index is 0.0899. The number of carbonyl (C=O) groups is 2. The van der Waals surface area contributed by atoms with Gasteiger partial charge in [-0.1, -0.05) is 6.42 Å². The van der Waals surface area contributed by atoms with E-state index in [0.29, 0.717) is 25.6 Å². The van der Waals surface area contributed by atoms with Gasteiger partial charge in [0.1, 0.15) is 5.60 Å². The van der Waals surface area contributed by atoms with Gasteiger partial charge in [0, 0.05) is 45.2 Å². The highest BCUT2D eigenvalue weighted by Gasteiger charge is 2.25. The molecular formula is C19H35N3O4. The van der Waals surface area contributed by atoms with E-state index >= 15 is 0 Å². The van der Waals surface area contributed by atoms with Gasteiger partial charge in [0.2, 0.25) is 5.91 Å². The van der Waals surface area contributed by atoms with Crippen LogP contribution in [0.4, 0.5) is 4.79 Å². The number of piperidine rings is 1. The van der Waals surface area contributed by atoms with Crippen molar-refractivity contribution in [3.63, 3.8) is 0 Å². The Labute approximate surface area is 157 Å². The van der Waals surface area contributed by atoms with Gasteiger partial charge in [-0.2, -0.15) is 0 Å². The predicted molar refractivity (Wildman–Crippen MR) is 100 cm³/mol. The van der Waals surface area contributed by atoms with E-state index in [1.165, 1.54) is 0 Å². The van der Waals surface area contributed by atoms with Crippen molar-refractivity contribution < 1.29 is 19.1 Å². The third-order valence-electron chi connectivity index (χ3n) is 4.70. The fraction of sp³-hybridized carbons (Fsp3) is 0.895. The number of nitrogens with one attached hydrogen (secondary N) is 2. The Bertz CT molecular complexity index is 452. The summed E-state index contributed by atoms with van der Waals surface area (Å²) < 4.78 is 11.0. The van der Waals surface area contributed by atoms with Crippen LogP contribution in [0.2, 0.25) is 0 Å². The number of likely N-dealkylation sites (tertiary alicyclic amines) is 1. The molecule has 0 unspecified atom stereocenters. The van der Waals surface area contributed by atoms with Crippen molar-refractivity contribution in [2.24, 2.45) is 0 Å². The molecule has 7 heteroatoms. The maximum Gasteiger partial charge on any atom is 0.407 e. The molecule has 2 aliphatic rings. The summed E-state index contributed by atoms with van der Waals surface area (Å²) in [5, 5.41) is 6.08. The molecule has 0 radical (unpaired) electrons. The van der Waals surface area contributed by atoms with Crippen molar-refractivity contribution in [3.8, 4) is 0 Å². The Morgan fingerprint density at radius 3 is 2.38 bits per heavy atom. The van der Waals surface area contributed by atoms with Crippen molar-refractivity contribution in [2.75, 3.05) is 32.8 Å². The van der Waals surface area contributed by atoms with Gasteiger partial charge in [-0.15, -0.1) is 0 Å². The summed E-state index contributed by atoms with van der Waals surface area (Å²) in [5.74, 6) is 0.227. The third-order valence-corrected chi connectivity index (χ3v) is 4.70. The number of hydrogen-bond donors (Lipinski definition) is 2. The highest BCUT2D eigenvalue weighted by atomic mass is 16.6. The molecule has 0 spiro atoms. The topological polar surface area (TPSA) is 79.9 Å². The number of alkyl carbamates (subject to hydrolysis) is 1. The Morgan fingerprint density at radius 1 is 1.12 bits per heavy atom. The van der Waals surface area contributed by atoms with Crippen molar-refractivity contribution in [2.45, 2.75) is 77.0 Å². The van der Waals surface area contributed by atoms with Gasteiger partial charge < -0.3 is 25.0 Å². The SMILES string of the molecule is CC(C)(C)OC(=O)NC1CCN(C(=O)CCCCCOC2CNC2)CC1. The highest BCUT2D eigenvalue weighted by molar-refractivity contribution is 5.76. The maximum atomic E-state index is 12.3. The molecule has 0 aliphatic carbocycles. The first-order chi connectivity index (χ1) is 12.3. The van der Waals surface area contributed by atoms with Crippen LogP contribution in [0.25, 0.3) is 0 Å². The van der Waals surface area contributed by atoms with Crippen LogP contribution in [0, 0.1) is 0 Å². The van der Waals surface area contributed by atoms with Crippen molar-refractivity contribution >= 4 is 12.0 Å². The molecule has 2 rings (SSSR count). The first-order valence-electron chi connectivity index (χ1n) is 9.93. The van der Waals surface area contributed by atoms with Crippen LogP contribution in [-0.2, 0) is 14.3 Å². The van der Waals surface area contributed by atoms with Crippen LogP contribution in [0.1, 0.15) is 59.3 Å². The van der Waals surface area contributed by atoms with Gasteiger partial charge in [0.15, 0.2) is 0 Å². The van der Waals surface area contributed by atoms with Gasteiger partial charge in [-0.05, 0) is 46.5 Å². The number of nitrogens with zero attached hydrogens (tertiary/aromatic N) is 1. The smallest absolute Gasteiger partial charge is 0.407 e. The van der Waals surface area contributed by atoms with Crippen LogP contribution in [0.3, 0.4) is 0 Å². The van der Waals surface area contributed by atoms with Crippen molar-refractivity contribution in [1.29, 1.82) is 0 Å². The summed E-state index contributed by atoms with van der Waals surface area (Å²) in [6.45, 7) is 9.70. The summed E-state index contributed by atoms with van der Waals surface area (Å²) in [6.07, 6.45) is 5.17. The second-order valence-electron chi connectivity index (χ2n) is 8.26. The largest absolute Gasteiger partial charge is 0.444 e. The lowest BCUT2D eigenvalue weighted by Crippen LogP contribution is -2.48. The Hall–Kier alpha value is -1.34. The average molecular weight is 370 g/mol. The van der Waals surface area contributed by atoms with Gasteiger partial charge in [0.25, 0.3) is 0 Å². The molecule has 2 fully saturated rings. The number of rotatable bonds is 8. The Morgan fingerprint density at radius 2 is 1.81 bits per heavy atom. The van der Waals surface area contributed by atoms with Crippen LogP contribution in [0.5, 0.6) is 0 Å². The summed E-state index contributed by atoms with van der Waals surface area (Å²) in [4.78, 5) is 26.0. The van der Waals surface area contributed by atoms with E-state index < -0.39 is 5.60 Å². The van der Waals surface area contributed by atoms with Crippen LogP contribution < -0.4 is 10.6 Å².